The van der Waals surface area contributed by atoms with Gasteiger partial charge in [-0.05, 0) is 25.5 Å². The smallest absolute Gasteiger partial charge is 0.323 e. The van der Waals surface area contributed by atoms with Gasteiger partial charge in [-0.15, -0.1) is 0 Å². The fourth-order valence-corrected chi connectivity index (χ4v) is 1.85. The average Bonchev–Trinajstić information content (AvgIpc) is 2.46. The molecule has 104 valence electrons. The Morgan fingerprint density at radius 3 is 2.65 bits per heavy atom. The van der Waals surface area contributed by atoms with Crippen LogP contribution >= 0.6 is 0 Å². The van der Waals surface area contributed by atoms with Gasteiger partial charge in [0.1, 0.15) is 5.75 Å². The number of amides is 2. The number of phenols is 1. The van der Waals surface area contributed by atoms with E-state index in [2.05, 4.69) is 10.6 Å². The lowest BCUT2D eigenvalue weighted by Crippen LogP contribution is -2.24. The molecule has 0 aliphatic carbocycles. The van der Waals surface area contributed by atoms with Crippen LogP contribution in [0.2, 0.25) is 0 Å². The third-order valence-corrected chi connectivity index (χ3v) is 3.15. The van der Waals surface area contributed by atoms with Gasteiger partial charge in [-0.3, -0.25) is 0 Å². The summed E-state index contributed by atoms with van der Waals surface area (Å²) in [5, 5.41) is 16.8. The van der Waals surface area contributed by atoms with Crippen molar-refractivity contribution in [1.29, 1.82) is 0 Å². The number of hydrogen-bond donors (Lipinski definition) is 3. The normalized spacial score (nSPS) is 11.4. The molecular formula is C16H18N2O2. The predicted octanol–water partition coefficient (Wildman–Crippen LogP) is 3.98. The molecule has 2 aromatic carbocycles. The molecule has 0 atom stereocenters. The molecule has 2 amide bonds. The Kier molecular flexibility index (Phi) is 4.25. The lowest BCUT2D eigenvalue weighted by Gasteiger charge is -2.09. The van der Waals surface area contributed by atoms with E-state index in [9.17, 15) is 9.90 Å². The van der Waals surface area contributed by atoms with Crippen LogP contribution in [0.5, 0.6) is 5.75 Å². The topological polar surface area (TPSA) is 61.4 Å². The molecule has 0 aliphatic heterocycles. The van der Waals surface area contributed by atoms with Crippen LogP contribution in [0.15, 0.2) is 48.2 Å². The summed E-state index contributed by atoms with van der Waals surface area (Å²) in [5.74, 6) is 0.202. The molecule has 3 N–H and O–H groups in total. The van der Waals surface area contributed by atoms with E-state index in [0.29, 0.717) is 11.1 Å². The van der Waals surface area contributed by atoms with Crippen molar-refractivity contribution in [2.24, 2.45) is 0 Å². The summed E-state index contributed by atoms with van der Waals surface area (Å²) < 4.78 is 0. The highest BCUT2D eigenvalue weighted by atomic mass is 16.3. The van der Waals surface area contributed by atoms with Gasteiger partial charge in [0.25, 0.3) is 0 Å². The van der Waals surface area contributed by atoms with Gasteiger partial charge in [0.15, 0.2) is 0 Å². The lowest BCUT2D eigenvalue weighted by atomic mass is 10.1. The van der Waals surface area contributed by atoms with Gasteiger partial charge in [0.05, 0.1) is 5.69 Å². The van der Waals surface area contributed by atoms with Gasteiger partial charge in [-0.2, -0.15) is 0 Å². The lowest BCUT2D eigenvalue weighted by molar-refractivity contribution is 0.255. The number of nitrogens with one attached hydrogen (secondary N) is 2. The predicted molar refractivity (Wildman–Crippen MR) is 81.8 cm³/mol. The van der Waals surface area contributed by atoms with E-state index in [1.807, 2.05) is 26.0 Å². The fraction of sp³-hybridized carbons (Fsp3) is 0.188. The minimum absolute atomic E-state index is 0.202. The second-order valence-corrected chi connectivity index (χ2v) is 4.62. The maximum Gasteiger partial charge on any atom is 0.323 e. The van der Waals surface area contributed by atoms with E-state index in [-0.39, 0.29) is 11.8 Å². The van der Waals surface area contributed by atoms with Crippen molar-refractivity contribution >= 4 is 22.5 Å². The highest BCUT2D eigenvalue weighted by Crippen LogP contribution is 2.29. The third-order valence-electron chi connectivity index (χ3n) is 3.15. The Morgan fingerprint density at radius 2 is 1.90 bits per heavy atom. The van der Waals surface area contributed by atoms with Crippen molar-refractivity contribution in [3.8, 4) is 5.75 Å². The number of urea groups is 1. The molecule has 2 aromatic rings. The minimum atomic E-state index is -0.298. The van der Waals surface area contributed by atoms with Crippen molar-refractivity contribution in [3.63, 3.8) is 0 Å². The SMILES string of the molecule is CC/C(C)=C/NC(=O)Nc1cccc2c(O)cccc12. The number of aromatic hydroxyl groups is 1. The molecule has 4 nitrogen and oxygen atoms in total. The number of carbonyl (C=O) groups is 1. The van der Waals surface area contributed by atoms with E-state index < -0.39 is 0 Å². The number of hydrogen-bond acceptors (Lipinski definition) is 2. The molecule has 0 unspecified atom stereocenters. The summed E-state index contributed by atoms with van der Waals surface area (Å²) in [6.45, 7) is 3.98. The molecule has 0 bridgehead atoms. The average molecular weight is 270 g/mol. The molecule has 0 fully saturated rings. The Bertz CT molecular complexity index is 663. The number of allylic oxidation sites excluding steroid dienone is 1. The minimum Gasteiger partial charge on any atom is -0.507 e. The van der Waals surface area contributed by atoms with Gasteiger partial charge in [0, 0.05) is 17.0 Å². The van der Waals surface area contributed by atoms with E-state index in [4.69, 9.17) is 0 Å². The molecular weight excluding hydrogens is 252 g/mol. The fourth-order valence-electron chi connectivity index (χ4n) is 1.85. The second kappa shape index (κ2) is 6.10. The zero-order valence-corrected chi connectivity index (χ0v) is 11.6. The van der Waals surface area contributed by atoms with Gasteiger partial charge in [0.2, 0.25) is 0 Å². The van der Waals surface area contributed by atoms with Crippen LogP contribution in [0.25, 0.3) is 10.8 Å². The number of carbonyl (C=O) groups excluding carboxylic acids is 1. The van der Waals surface area contributed by atoms with Crippen molar-refractivity contribution in [1.82, 2.24) is 5.32 Å². The molecule has 0 saturated carbocycles. The first kappa shape index (κ1) is 13.9. The van der Waals surface area contributed by atoms with Crippen LogP contribution in [-0.2, 0) is 0 Å². The third kappa shape index (κ3) is 3.09. The second-order valence-electron chi connectivity index (χ2n) is 4.62. The largest absolute Gasteiger partial charge is 0.507 e. The molecule has 2 rings (SSSR count). The first-order chi connectivity index (χ1) is 9.61. The molecule has 0 aliphatic rings. The molecule has 4 heteroatoms. The Balaban J connectivity index is 2.22. The van der Waals surface area contributed by atoms with Crippen molar-refractivity contribution in [2.75, 3.05) is 5.32 Å². The maximum atomic E-state index is 11.8. The van der Waals surface area contributed by atoms with Crippen molar-refractivity contribution < 1.29 is 9.90 Å². The molecule has 0 saturated heterocycles. The van der Waals surface area contributed by atoms with Gasteiger partial charge in [-0.1, -0.05) is 36.8 Å². The van der Waals surface area contributed by atoms with Crippen LogP contribution in [-0.4, -0.2) is 11.1 Å². The summed E-state index contributed by atoms with van der Waals surface area (Å²) in [5.41, 5.74) is 1.76. The van der Waals surface area contributed by atoms with Crippen LogP contribution < -0.4 is 10.6 Å². The monoisotopic (exact) mass is 270 g/mol. The molecule has 0 radical (unpaired) electrons. The quantitative estimate of drug-likeness (QED) is 0.790. The summed E-state index contributed by atoms with van der Waals surface area (Å²) in [6, 6.07) is 10.4. The van der Waals surface area contributed by atoms with Gasteiger partial charge < -0.3 is 15.7 Å². The number of rotatable bonds is 3. The van der Waals surface area contributed by atoms with Crippen LogP contribution in [0, 0.1) is 0 Å². The zero-order chi connectivity index (χ0) is 14.5. The van der Waals surface area contributed by atoms with Crippen LogP contribution in [0.3, 0.4) is 0 Å². The van der Waals surface area contributed by atoms with Crippen molar-refractivity contribution in [2.45, 2.75) is 20.3 Å². The summed E-state index contributed by atoms with van der Waals surface area (Å²) in [4.78, 5) is 11.8. The number of fused-ring (bicyclic) bond motifs is 1. The Morgan fingerprint density at radius 1 is 1.20 bits per heavy atom. The van der Waals surface area contributed by atoms with E-state index in [1.54, 1.807) is 30.5 Å². The maximum absolute atomic E-state index is 11.8. The van der Waals surface area contributed by atoms with E-state index >= 15 is 0 Å². The number of benzene rings is 2. The number of anilines is 1. The first-order valence-electron chi connectivity index (χ1n) is 6.55. The summed E-state index contributed by atoms with van der Waals surface area (Å²) in [6.07, 6.45) is 2.58. The summed E-state index contributed by atoms with van der Waals surface area (Å²) >= 11 is 0. The zero-order valence-electron chi connectivity index (χ0n) is 11.6. The van der Waals surface area contributed by atoms with E-state index in [0.717, 1.165) is 17.4 Å². The molecule has 0 spiro atoms. The van der Waals surface area contributed by atoms with Gasteiger partial charge >= 0.3 is 6.03 Å². The Hall–Kier alpha value is -2.49. The molecule has 0 aromatic heterocycles. The summed E-state index contributed by atoms with van der Waals surface area (Å²) in [7, 11) is 0. The highest BCUT2D eigenvalue weighted by Gasteiger charge is 2.06. The van der Waals surface area contributed by atoms with Crippen LogP contribution in [0.4, 0.5) is 10.5 Å². The van der Waals surface area contributed by atoms with E-state index in [1.165, 1.54) is 0 Å². The van der Waals surface area contributed by atoms with Crippen LogP contribution in [0.1, 0.15) is 20.3 Å². The molecule has 20 heavy (non-hydrogen) atoms. The highest BCUT2D eigenvalue weighted by molar-refractivity contribution is 6.03. The Labute approximate surface area is 118 Å². The van der Waals surface area contributed by atoms with Gasteiger partial charge in [-0.25, -0.2) is 4.79 Å². The standard InChI is InChI=1S/C16H18N2O2/c1-3-11(2)10-17-16(20)18-14-8-4-7-13-12(14)6-5-9-15(13)19/h4-10,19H,3H2,1-2H3,(H2,17,18,20)/b11-10+. The molecule has 0 heterocycles. The van der Waals surface area contributed by atoms with Crippen molar-refractivity contribution in [3.05, 3.63) is 48.2 Å². The number of phenolic OH excluding ortho intramolecular Hbond substituents is 1. The first-order valence-corrected chi connectivity index (χ1v) is 6.55.